The average molecular weight is 221 g/mol. The van der Waals surface area contributed by atoms with E-state index in [1.807, 2.05) is 29.9 Å². The van der Waals surface area contributed by atoms with Crippen LogP contribution in [0.2, 0.25) is 0 Å². The summed E-state index contributed by atoms with van der Waals surface area (Å²) in [5.74, 6) is 0.197. The zero-order valence-electron chi connectivity index (χ0n) is 9.72. The molecule has 0 bridgehead atoms. The second-order valence-electron chi connectivity index (χ2n) is 4.54. The first-order valence-corrected chi connectivity index (χ1v) is 5.79. The van der Waals surface area contributed by atoms with E-state index < -0.39 is 0 Å². The molecule has 1 aliphatic rings. The van der Waals surface area contributed by atoms with Gasteiger partial charge in [-0.3, -0.25) is 9.69 Å². The summed E-state index contributed by atoms with van der Waals surface area (Å²) in [6.07, 6.45) is 3.90. The molecule has 0 unspecified atom stereocenters. The van der Waals surface area contributed by atoms with Crippen LogP contribution in [0.3, 0.4) is 0 Å². The molecule has 2 N–H and O–H groups in total. The van der Waals surface area contributed by atoms with E-state index in [4.69, 9.17) is 5.73 Å². The highest BCUT2D eigenvalue weighted by atomic mass is 16.1. The van der Waals surface area contributed by atoms with E-state index in [-0.39, 0.29) is 5.78 Å². The molecule has 1 aliphatic heterocycles. The van der Waals surface area contributed by atoms with Gasteiger partial charge in [-0.1, -0.05) is 0 Å². The van der Waals surface area contributed by atoms with Gasteiger partial charge in [-0.15, -0.1) is 0 Å². The topological polar surface area (TPSA) is 51.3 Å². The standard InChI is InChI=1S/C12H19N3O/c1-14-6-2-3-11(14)12(16)9-15-7-4-10(13)5-8-15/h2-3,6,10H,4-5,7-9,13H2,1H3. The molecular weight excluding hydrogens is 202 g/mol. The SMILES string of the molecule is Cn1cccc1C(=O)CN1CCC(N)CC1. The Kier molecular flexibility index (Phi) is 3.41. The molecule has 88 valence electrons. The Balaban J connectivity index is 1.91. The van der Waals surface area contributed by atoms with Gasteiger partial charge in [0, 0.05) is 32.4 Å². The molecule has 0 atom stereocenters. The highest BCUT2D eigenvalue weighted by Gasteiger charge is 2.19. The maximum absolute atomic E-state index is 12.0. The summed E-state index contributed by atoms with van der Waals surface area (Å²) < 4.78 is 1.87. The van der Waals surface area contributed by atoms with Gasteiger partial charge >= 0.3 is 0 Å². The predicted octanol–water partition coefficient (Wildman–Crippen LogP) is 0.631. The zero-order chi connectivity index (χ0) is 11.5. The number of aryl methyl sites for hydroxylation is 1. The lowest BCUT2D eigenvalue weighted by Gasteiger charge is -2.29. The third-order valence-electron chi connectivity index (χ3n) is 3.23. The van der Waals surface area contributed by atoms with Crippen LogP contribution < -0.4 is 5.73 Å². The van der Waals surface area contributed by atoms with Crippen LogP contribution in [0.25, 0.3) is 0 Å². The molecule has 1 saturated heterocycles. The van der Waals surface area contributed by atoms with E-state index in [2.05, 4.69) is 4.90 Å². The Morgan fingerprint density at radius 1 is 1.50 bits per heavy atom. The van der Waals surface area contributed by atoms with Crippen LogP contribution in [0, 0.1) is 0 Å². The number of rotatable bonds is 3. The summed E-state index contributed by atoms with van der Waals surface area (Å²) in [6, 6.07) is 4.10. The minimum atomic E-state index is 0.197. The number of nitrogens with two attached hydrogens (primary N) is 1. The van der Waals surface area contributed by atoms with Crippen molar-refractivity contribution in [1.29, 1.82) is 0 Å². The van der Waals surface area contributed by atoms with Crippen LogP contribution in [0.1, 0.15) is 23.3 Å². The van der Waals surface area contributed by atoms with Crippen molar-refractivity contribution in [2.45, 2.75) is 18.9 Å². The van der Waals surface area contributed by atoms with E-state index in [0.717, 1.165) is 31.6 Å². The fraction of sp³-hybridized carbons (Fsp3) is 0.583. The van der Waals surface area contributed by atoms with Gasteiger partial charge in [0.15, 0.2) is 5.78 Å². The number of nitrogens with zero attached hydrogens (tertiary/aromatic N) is 2. The number of aromatic nitrogens is 1. The molecule has 0 aliphatic carbocycles. The Bertz CT molecular complexity index is 364. The molecule has 2 heterocycles. The predicted molar refractivity (Wildman–Crippen MR) is 63.4 cm³/mol. The third-order valence-corrected chi connectivity index (χ3v) is 3.23. The summed E-state index contributed by atoms with van der Waals surface area (Å²) in [7, 11) is 1.90. The zero-order valence-corrected chi connectivity index (χ0v) is 9.72. The van der Waals surface area contributed by atoms with Crippen LogP contribution in [-0.4, -0.2) is 40.9 Å². The lowest BCUT2D eigenvalue weighted by Crippen LogP contribution is -2.42. The number of ketones is 1. The van der Waals surface area contributed by atoms with Crippen molar-refractivity contribution in [3.8, 4) is 0 Å². The van der Waals surface area contributed by atoms with Gasteiger partial charge in [0.1, 0.15) is 0 Å². The van der Waals surface area contributed by atoms with Gasteiger partial charge in [-0.25, -0.2) is 0 Å². The van der Waals surface area contributed by atoms with Gasteiger partial charge in [0.05, 0.1) is 12.2 Å². The molecule has 0 amide bonds. The van der Waals surface area contributed by atoms with Crippen LogP contribution in [0.4, 0.5) is 0 Å². The molecule has 0 spiro atoms. The molecular formula is C12H19N3O. The van der Waals surface area contributed by atoms with Gasteiger partial charge in [-0.2, -0.15) is 0 Å². The van der Waals surface area contributed by atoms with Crippen molar-refractivity contribution < 1.29 is 4.79 Å². The van der Waals surface area contributed by atoms with Crippen molar-refractivity contribution in [2.75, 3.05) is 19.6 Å². The first-order valence-electron chi connectivity index (χ1n) is 5.79. The van der Waals surface area contributed by atoms with Crippen molar-refractivity contribution in [3.63, 3.8) is 0 Å². The Labute approximate surface area is 96.0 Å². The lowest BCUT2D eigenvalue weighted by atomic mass is 10.1. The van der Waals surface area contributed by atoms with Crippen molar-refractivity contribution in [1.82, 2.24) is 9.47 Å². The molecule has 1 aromatic heterocycles. The van der Waals surface area contributed by atoms with Crippen LogP contribution >= 0.6 is 0 Å². The van der Waals surface area contributed by atoms with Crippen LogP contribution in [0.5, 0.6) is 0 Å². The first kappa shape index (κ1) is 11.4. The number of Topliss-reactive ketones (excluding diaryl/α,β-unsaturated/α-hetero) is 1. The maximum Gasteiger partial charge on any atom is 0.193 e. The van der Waals surface area contributed by atoms with Crippen LogP contribution in [-0.2, 0) is 7.05 Å². The van der Waals surface area contributed by atoms with E-state index in [0.29, 0.717) is 12.6 Å². The minimum Gasteiger partial charge on any atom is -0.348 e. The third kappa shape index (κ3) is 2.51. The Hall–Kier alpha value is -1.13. The molecule has 0 aromatic carbocycles. The maximum atomic E-state index is 12.0. The van der Waals surface area contributed by atoms with Crippen molar-refractivity contribution in [3.05, 3.63) is 24.0 Å². The largest absolute Gasteiger partial charge is 0.348 e. The molecule has 4 nitrogen and oxygen atoms in total. The minimum absolute atomic E-state index is 0.197. The lowest BCUT2D eigenvalue weighted by molar-refractivity contribution is 0.0902. The summed E-state index contributed by atoms with van der Waals surface area (Å²) in [4.78, 5) is 14.2. The first-order chi connectivity index (χ1) is 7.66. The Morgan fingerprint density at radius 3 is 2.75 bits per heavy atom. The summed E-state index contributed by atoms with van der Waals surface area (Å²) in [6.45, 7) is 2.40. The van der Waals surface area contributed by atoms with Gasteiger partial charge in [0.2, 0.25) is 0 Å². The van der Waals surface area contributed by atoms with E-state index >= 15 is 0 Å². The molecule has 1 fully saturated rings. The van der Waals surface area contributed by atoms with E-state index in [1.165, 1.54) is 0 Å². The fourth-order valence-electron chi connectivity index (χ4n) is 2.15. The van der Waals surface area contributed by atoms with Gasteiger partial charge in [-0.05, 0) is 25.0 Å². The smallest absolute Gasteiger partial charge is 0.193 e. The molecule has 1 aromatic rings. The highest BCUT2D eigenvalue weighted by Crippen LogP contribution is 2.09. The number of likely N-dealkylation sites (tertiary alicyclic amines) is 1. The summed E-state index contributed by atoms with van der Waals surface area (Å²) in [5.41, 5.74) is 6.62. The van der Waals surface area contributed by atoms with Gasteiger partial charge in [0.25, 0.3) is 0 Å². The molecule has 0 saturated carbocycles. The van der Waals surface area contributed by atoms with Gasteiger partial charge < -0.3 is 10.3 Å². The molecule has 2 rings (SSSR count). The second-order valence-corrected chi connectivity index (χ2v) is 4.54. The molecule has 4 heteroatoms. The summed E-state index contributed by atoms with van der Waals surface area (Å²) in [5, 5.41) is 0. The number of carbonyl (C=O) groups excluding carboxylic acids is 1. The number of piperidine rings is 1. The quantitative estimate of drug-likeness (QED) is 0.762. The molecule has 0 radical (unpaired) electrons. The van der Waals surface area contributed by atoms with E-state index in [1.54, 1.807) is 0 Å². The Morgan fingerprint density at radius 2 is 2.19 bits per heavy atom. The van der Waals surface area contributed by atoms with Crippen molar-refractivity contribution in [2.24, 2.45) is 12.8 Å². The fourth-order valence-corrected chi connectivity index (χ4v) is 2.15. The second kappa shape index (κ2) is 4.80. The molecule has 16 heavy (non-hydrogen) atoms. The summed E-state index contributed by atoms with van der Waals surface area (Å²) >= 11 is 0. The monoisotopic (exact) mass is 221 g/mol. The average Bonchev–Trinajstić information content (AvgIpc) is 2.68. The number of hydrogen-bond acceptors (Lipinski definition) is 3. The highest BCUT2D eigenvalue weighted by molar-refractivity contribution is 5.96. The van der Waals surface area contributed by atoms with Crippen LogP contribution in [0.15, 0.2) is 18.3 Å². The normalized spacial score (nSPS) is 18.9. The number of carbonyl (C=O) groups is 1. The number of hydrogen-bond donors (Lipinski definition) is 1. The van der Waals surface area contributed by atoms with Crippen molar-refractivity contribution >= 4 is 5.78 Å². The van der Waals surface area contributed by atoms with E-state index in [9.17, 15) is 4.79 Å².